The van der Waals surface area contributed by atoms with Gasteiger partial charge in [-0.3, -0.25) is 0 Å². The van der Waals surface area contributed by atoms with Crippen molar-refractivity contribution < 1.29 is 4.79 Å². The van der Waals surface area contributed by atoms with Gasteiger partial charge in [0, 0.05) is 25.2 Å². The number of carbonyl (C=O) groups is 1. The van der Waals surface area contributed by atoms with Crippen molar-refractivity contribution in [3.8, 4) is 0 Å². The van der Waals surface area contributed by atoms with Crippen LogP contribution in [0.4, 0.5) is 4.79 Å². The lowest BCUT2D eigenvalue weighted by Gasteiger charge is -2.39. The zero-order chi connectivity index (χ0) is 14.4. The summed E-state index contributed by atoms with van der Waals surface area (Å²) in [6, 6.07) is 1.19. The second-order valence-electron chi connectivity index (χ2n) is 6.39. The number of nitrogens with one attached hydrogen (secondary N) is 2. The number of hydrogen-bond donors (Lipinski definition) is 2. The lowest BCUT2D eigenvalue weighted by Crippen LogP contribution is -2.54. The summed E-state index contributed by atoms with van der Waals surface area (Å²) < 4.78 is 0. The Morgan fingerprint density at radius 2 is 1.95 bits per heavy atom. The van der Waals surface area contributed by atoms with Crippen molar-refractivity contribution in [2.75, 3.05) is 19.6 Å². The highest BCUT2D eigenvalue weighted by Crippen LogP contribution is 2.22. The topological polar surface area (TPSA) is 44.4 Å². The van der Waals surface area contributed by atoms with Gasteiger partial charge in [-0.15, -0.1) is 0 Å². The molecule has 2 aliphatic rings. The van der Waals surface area contributed by atoms with E-state index in [1.54, 1.807) is 0 Å². The fraction of sp³-hybridized carbons (Fsp3) is 0.938. The van der Waals surface area contributed by atoms with Gasteiger partial charge in [-0.2, -0.15) is 0 Å². The van der Waals surface area contributed by atoms with Crippen LogP contribution in [0.25, 0.3) is 0 Å². The van der Waals surface area contributed by atoms with Crippen LogP contribution in [0.5, 0.6) is 0 Å². The molecule has 1 aliphatic heterocycles. The van der Waals surface area contributed by atoms with Crippen molar-refractivity contribution in [3.63, 3.8) is 0 Å². The molecule has 4 nitrogen and oxygen atoms in total. The molecular formula is C16H31N3O. The molecule has 2 amide bonds. The number of likely N-dealkylation sites (tertiary alicyclic amines) is 1. The molecule has 1 saturated carbocycles. The number of carbonyl (C=O) groups excluding carboxylic acids is 1. The fourth-order valence-corrected chi connectivity index (χ4v) is 3.56. The third kappa shape index (κ3) is 4.11. The standard InChI is InChI=1S/C16H31N3O/c1-3-10-17-15-9-11-19(12-13(15)4-2)16(20)18-14-7-5-6-8-14/h13-15,17H,3-12H2,1-2H3,(H,18,20). The number of hydrogen-bond acceptors (Lipinski definition) is 2. The molecule has 0 aromatic carbocycles. The second-order valence-corrected chi connectivity index (χ2v) is 6.39. The molecule has 2 fully saturated rings. The van der Waals surface area contributed by atoms with Crippen molar-refractivity contribution in [2.24, 2.45) is 5.92 Å². The van der Waals surface area contributed by atoms with Crippen LogP contribution in [0.1, 0.15) is 58.8 Å². The monoisotopic (exact) mass is 281 g/mol. The zero-order valence-corrected chi connectivity index (χ0v) is 13.2. The van der Waals surface area contributed by atoms with Crippen molar-refractivity contribution in [2.45, 2.75) is 70.9 Å². The first-order valence-corrected chi connectivity index (χ1v) is 8.53. The normalized spacial score (nSPS) is 27.8. The van der Waals surface area contributed by atoms with E-state index in [2.05, 4.69) is 24.5 Å². The Hall–Kier alpha value is -0.770. The van der Waals surface area contributed by atoms with Gasteiger partial charge >= 0.3 is 6.03 Å². The van der Waals surface area contributed by atoms with Gasteiger partial charge in [-0.05, 0) is 38.1 Å². The van der Waals surface area contributed by atoms with Crippen LogP contribution in [-0.2, 0) is 0 Å². The minimum atomic E-state index is 0.171. The summed E-state index contributed by atoms with van der Waals surface area (Å²) in [7, 11) is 0. The van der Waals surface area contributed by atoms with Gasteiger partial charge in [0.15, 0.2) is 0 Å². The highest BCUT2D eigenvalue weighted by Gasteiger charge is 2.30. The van der Waals surface area contributed by atoms with E-state index < -0.39 is 0 Å². The van der Waals surface area contributed by atoms with E-state index in [4.69, 9.17) is 0 Å². The molecule has 2 atom stereocenters. The molecule has 0 bridgehead atoms. The first-order valence-electron chi connectivity index (χ1n) is 8.53. The summed E-state index contributed by atoms with van der Waals surface area (Å²) in [6.07, 6.45) is 8.29. The second kappa shape index (κ2) is 7.87. The van der Waals surface area contributed by atoms with E-state index in [-0.39, 0.29) is 6.03 Å². The van der Waals surface area contributed by atoms with Gasteiger partial charge in [-0.1, -0.05) is 33.1 Å². The molecule has 1 heterocycles. The van der Waals surface area contributed by atoms with Crippen LogP contribution < -0.4 is 10.6 Å². The summed E-state index contributed by atoms with van der Waals surface area (Å²) in [5.41, 5.74) is 0. The van der Waals surface area contributed by atoms with Crippen molar-refractivity contribution in [3.05, 3.63) is 0 Å². The summed E-state index contributed by atoms with van der Waals surface area (Å²) in [5.74, 6) is 0.602. The highest BCUT2D eigenvalue weighted by atomic mass is 16.2. The average Bonchev–Trinajstić information content (AvgIpc) is 2.97. The predicted molar refractivity (Wildman–Crippen MR) is 82.8 cm³/mol. The largest absolute Gasteiger partial charge is 0.335 e. The Morgan fingerprint density at radius 3 is 2.60 bits per heavy atom. The molecule has 0 aromatic rings. The maximum Gasteiger partial charge on any atom is 0.317 e. The van der Waals surface area contributed by atoms with E-state index >= 15 is 0 Å². The van der Waals surface area contributed by atoms with Gasteiger partial charge in [0.05, 0.1) is 0 Å². The average molecular weight is 281 g/mol. The third-order valence-corrected chi connectivity index (χ3v) is 4.88. The Bertz CT molecular complexity index is 302. The maximum atomic E-state index is 12.3. The van der Waals surface area contributed by atoms with Crippen molar-refractivity contribution in [1.29, 1.82) is 0 Å². The molecule has 0 aromatic heterocycles. The number of piperidine rings is 1. The zero-order valence-electron chi connectivity index (χ0n) is 13.2. The summed E-state index contributed by atoms with van der Waals surface area (Å²) in [6.45, 7) is 7.35. The minimum absolute atomic E-state index is 0.171. The molecule has 2 unspecified atom stereocenters. The Balaban J connectivity index is 1.80. The quantitative estimate of drug-likeness (QED) is 0.814. The van der Waals surface area contributed by atoms with Gasteiger partial charge in [0.25, 0.3) is 0 Å². The lowest BCUT2D eigenvalue weighted by molar-refractivity contribution is 0.139. The molecule has 0 spiro atoms. The molecule has 1 aliphatic carbocycles. The van der Waals surface area contributed by atoms with Gasteiger partial charge < -0.3 is 15.5 Å². The molecule has 2 rings (SSSR count). The Labute approximate surface area is 123 Å². The van der Waals surface area contributed by atoms with Crippen LogP contribution >= 0.6 is 0 Å². The van der Waals surface area contributed by atoms with Crippen LogP contribution in [0, 0.1) is 5.92 Å². The van der Waals surface area contributed by atoms with Crippen LogP contribution in [-0.4, -0.2) is 42.6 Å². The van der Waals surface area contributed by atoms with Crippen LogP contribution in [0.15, 0.2) is 0 Å². The van der Waals surface area contributed by atoms with Crippen molar-refractivity contribution in [1.82, 2.24) is 15.5 Å². The van der Waals surface area contributed by atoms with Gasteiger partial charge in [0.1, 0.15) is 0 Å². The molecule has 20 heavy (non-hydrogen) atoms. The maximum absolute atomic E-state index is 12.3. The Morgan fingerprint density at radius 1 is 1.20 bits per heavy atom. The summed E-state index contributed by atoms with van der Waals surface area (Å²) >= 11 is 0. The molecular weight excluding hydrogens is 250 g/mol. The summed E-state index contributed by atoms with van der Waals surface area (Å²) in [5, 5.41) is 6.86. The number of amides is 2. The van der Waals surface area contributed by atoms with Crippen LogP contribution in [0.3, 0.4) is 0 Å². The smallest absolute Gasteiger partial charge is 0.317 e. The van der Waals surface area contributed by atoms with Crippen LogP contribution in [0.2, 0.25) is 0 Å². The minimum Gasteiger partial charge on any atom is -0.335 e. The molecule has 1 saturated heterocycles. The van der Waals surface area contributed by atoms with Gasteiger partial charge in [0.2, 0.25) is 0 Å². The Kier molecular flexibility index (Phi) is 6.14. The predicted octanol–water partition coefficient (Wildman–Crippen LogP) is 2.74. The third-order valence-electron chi connectivity index (χ3n) is 4.88. The molecule has 2 N–H and O–H groups in total. The first kappa shape index (κ1) is 15.6. The number of rotatable bonds is 5. The van der Waals surface area contributed by atoms with Gasteiger partial charge in [-0.25, -0.2) is 4.79 Å². The highest BCUT2D eigenvalue weighted by molar-refractivity contribution is 5.74. The van der Waals surface area contributed by atoms with E-state index in [0.29, 0.717) is 18.0 Å². The molecule has 4 heteroatoms. The van der Waals surface area contributed by atoms with Crippen molar-refractivity contribution >= 4 is 6.03 Å². The lowest BCUT2D eigenvalue weighted by atomic mass is 9.90. The fourth-order valence-electron chi connectivity index (χ4n) is 3.56. The van der Waals surface area contributed by atoms with E-state index in [1.165, 1.54) is 19.3 Å². The van der Waals surface area contributed by atoms with E-state index in [1.807, 2.05) is 4.90 Å². The SMILES string of the molecule is CCCNC1CCN(C(=O)NC2CCCC2)CC1CC. The number of nitrogens with zero attached hydrogens (tertiary/aromatic N) is 1. The number of urea groups is 1. The van der Waals surface area contributed by atoms with E-state index in [9.17, 15) is 4.79 Å². The molecule has 116 valence electrons. The molecule has 0 radical (unpaired) electrons. The summed E-state index contributed by atoms with van der Waals surface area (Å²) in [4.78, 5) is 14.4. The van der Waals surface area contributed by atoms with E-state index in [0.717, 1.165) is 45.3 Å². The first-order chi connectivity index (χ1) is 9.74.